The zero-order chi connectivity index (χ0) is 21.0. The van der Waals surface area contributed by atoms with Gasteiger partial charge in [0.25, 0.3) is 5.91 Å². The van der Waals surface area contributed by atoms with Crippen molar-refractivity contribution in [2.75, 3.05) is 13.2 Å². The van der Waals surface area contributed by atoms with Crippen LogP contribution in [0.2, 0.25) is 0 Å². The third-order valence-corrected chi connectivity index (χ3v) is 4.25. The van der Waals surface area contributed by atoms with Crippen LogP contribution in [-0.2, 0) is 11.2 Å². The van der Waals surface area contributed by atoms with E-state index in [-0.39, 0.29) is 27.9 Å². The average Bonchev–Trinajstić information content (AvgIpc) is 2.73. The summed E-state index contributed by atoms with van der Waals surface area (Å²) in [5.74, 6) is -2.25. The number of pyridine rings is 2. The number of aromatic hydroxyl groups is 1. The number of carbonyl (C=O) groups excluding carboxylic acids is 2. The number of nitrogens with one attached hydrogen (secondary N) is 1. The number of carbonyl (C=O) groups is 2. The molecule has 2 aromatic heterocycles. The van der Waals surface area contributed by atoms with Crippen molar-refractivity contribution in [3.63, 3.8) is 0 Å². The third kappa shape index (κ3) is 4.03. The first-order valence-corrected chi connectivity index (χ1v) is 8.90. The van der Waals surface area contributed by atoms with Gasteiger partial charge in [0.2, 0.25) is 0 Å². The van der Waals surface area contributed by atoms with Gasteiger partial charge in [-0.3, -0.25) is 9.59 Å². The quantitative estimate of drug-likeness (QED) is 0.424. The number of esters is 1. The van der Waals surface area contributed by atoms with Crippen LogP contribution in [0.4, 0.5) is 0 Å². The second-order valence-electron chi connectivity index (χ2n) is 6.15. The molecule has 0 spiro atoms. The van der Waals surface area contributed by atoms with E-state index in [0.717, 1.165) is 11.8 Å². The lowest BCUT2D eigenvalue weighted by atomic mass is 10.1. The minimum Gasteiger partial charge on any atom is -0.506 e. The number of benzene rings is 1. The van der Waals surface area contributed by atoms with Crippen LogP contribution >= 0.6 is 0 Å². The van der Waals surface area contributed by atoms with E-state index in [9.17, 15) is 24.7 Å². The molecule has 0 radical (unpaired) electrons. The van der Waals surface area contributed by atoms with Crippen LogP contribution in [0.25, 0.3) is 11.0 Å². The molecule has 3 N–H and O–H groups in total. The highest BCUT2D eigenvalue weighted by atomic mass is 16.5. The van der Waals surface area contributed by atoms with E-state index in [4.69, 9.17) is 4.74 Å². The van der Waals surface area contributed by atoms with Gasteiger partial charge >= 0.3 is 11.5 Å². The molecule has 150 valence electrons. The Balaban J connectivity index is 1.89. The first kappa shape index (κ1) is 19.9. The largest absolute Gasteiger partial charge is 0.506 e. The van der Waals surface area contributed by atoms with Gasteiger partial charge in [0.1, 0.15) is 5.75 Å². The van der Waals surface area contributed by atoms with Crippen molar-refractivity contribution >= 4 is 22.9 Å². The summed E-state index contributed by atoms with van der Waals surface area (Å²) in [6.45, 7) is 1.89. The molecule has 2 heterocycles. The summed E-state index contributed by atoms with van der Waals surface area (Å²) in [4.78, 5) is 40.4. The minimum atomic E-state index is -1.17. The Hall–Kier alpha value is -3.88. The van der Waals surface area contributed by atoms with E-state index < -0.39 is 28.7 Å². The number of nitrogens with zero attached hydrogens (tertiary/aromatic N) is 2. The summed E-state index contributed by atoms with van der Waals surface area (Å²) < 4.78 is 4.88. The Morgan fingerprint density at radius 2 is 1.97 bits per heavy atom. The second kappa shape index (κ2) is 8.42. The zero-order valence-corrected chi connectivity index (χ0v) is 15.6. The Morgan fingerprint density at radius 1 is 1.24 bits per heavy atom. The molecule has 3 aromatic rings. The van der Waals surface area contributed by atoms with Crippen molar-refractivity contribution in [1.82, 2.24) is 15.0 Å². The Morgan fingerprint density at radius 3 is 2.66 bits per heavy atom. The average molecular weight is 397 g/mol. The Kier molecular flexibility index (Phi) is 5.77. The lowest BCUT2D eigenvalue weighted by molar-refractivity contribution is 0.0515. The van der Waals surface area contributed by atoms with E-state index in [1.807, 2.05) is 30.3 Å². The molecule has 3 rings (SSSR count). The summed E-state index contributed by atoms with van der Waals surface area (Å²) in [5, 5.41) is 23.0. The summed E-state index contributed by atoms with van der Waals surface area (Å²) in [7, 11) is 0. The van der Waals surface area contributed by atoms with Crippen LogP contribution in [0.3, 0.4) is 0 Å². The summed E-state index contributed by atoms with van der Waals surface area (Å²) in [6, 6.07) is 10.8. The Labute approximate surface area is 165 Å². The van der Waals surface area contributed by atoms with Gasteiger partial charge in [-0.25, -0.2) is 9.78 Å². The maximum absolute atomic E-state index is 12.4. The molecule has 0 saturated heterocycles. The zero-order valence-electron chi connectivity index (χ0n) is 15.6. The molecule has 0 aliphatic carbocycles. The molecule has 0 bridgehead atoms. The number of hydrogen-bond donors (Lipinski definition) is 3. The Bertz CT molecular complexity index is 1120. The van der Waals surface area contributed by atoms with Gasteiger partial charge in [-0.2, -0.15) is 0 Å². The van der Waals surface area contributed by atoms with Crippen LogP contribution in [0.5, 0.6) is 5.75 Å². The van der Waals surface area contributed by atoms with Gasteiger partial charge in [-0.1, -0.05) is 30.3 Å². The molecule has 1 amide bonds. The molecule has 0 aliphatic rings. The van der Waals surface area contributed by atoms with Gasteiger partial charge < -0.3 is 20.4 Å². The van der Waals surface area contributed by atoms with Crippen molar-refractivity contribution in [1.29, 1.82) is 0 Å². The summed E-state index contributed by atoms with van der Waals surface area (Å²) in [5.41, 5.74) is -1.03. The molecule has 0 unspecified atom stereocenters. The molecule has 0 aliphatic heterocycles. The smallest absolute Gasteiger partial charge is 0.347 e. The number of hydrogen-bond acceptors (Lipinski definition) is 7. The summed E-state index contributed by atoms with van der Waals surface area (Å²) >= 11 is 0. The number of amides is 1. The standard InChI is InChI=1S/C20H19N3O6/c1-2-29-20(27)15-16(24)14-10-13(11-22-17(14)23(28)19(15)26)18(25)21-9-8-12-6-4-3-5-7-12/h3-7,10-11,24,28H,2,8-9H2,1H3,(H,21,25). The third-order valence-electron chi connectivity index (χ3n) is 4.25. The molecule has 0 saturated carbocycles. The predicted octanol–water partition coefficient (Wildman–Crippen LogP) is 1.49. The highest BCUT2D eigenvalue weighted by Gasteiger charge is 2.24. The fourth-order valence-electron chi connectivity index (χ4n) is 2.82. The lowest BCUT2D eigenvalue weighted by Crippen LogP contribution is -2.28. The van der Waals surface area contributed by atoms with Crippen LogP contribution < -0.4 is 10.9 Å². The molecule has 0 atom stereocenters. The molecule has 9 heteroatoms. The van der Waals surface area contributed by atoms with Gasteiger partial charge in [0.15, 0.2) is 11.2 Å². The van der Waals surface area contributed by atoms with E-state index in [2.05, 4.69) is 10.3 Å². The van der Waals surface area contributed by atoms with Crippen LogP contribution in [0.1, 0.15) is 33.2 Å². The van der Waals surface area contributed by atoms with Crippen molar-refractivity contribution in [2.24, 2.45) is 0 Å². The molecular weight excluding hydrogens is 378 g/mol. The fraction of sp³-hybridized carbons (Fsp3) is 0.200. The number of ether oxygens (including phenoxy) is 1. The van der Waals surface area contributed by atoms with E-state index in [1.54, 1.807) is 0 Å². The molecule has 29 heavy (non-hydrogen) atoms. The van der Waals surface area contributed by atoms with Crippen LogP contribution in [0, 0.1) is 0 Å². The summed E-state index contributed by atoms with van der Waals surface area (Å²) in [6.07, 6.45) is 1.79. The first-order chi connectivity index (χ1) is 13.9. The highest BCUT2D eigenvalue weighted by Crippen LogP contribution is 2.26. The molecular formula is C20H19N3O6. The van der Waals surface area contributed by atoms with Crippen molar-refractivity contribution in [2.45, 2.75) is 13.3 Å². The van der Waals surface area contributed by atoms with Crippen molar-refractivity contribution < 1.29 is 24.6 Å². The molecule has 9 nitrogen and oxygen atoms in total. The number of rotatable bonds is 6. The first-order valence-electron chi connectivity index (χ1n) is 8.90. The number of fused-ring (bicyclic) bond motifs is 1. The van der Waals surface area contributed by atoms with E-state index in [1.165, 1.54) is 13.0 Å². The SMILES string of the molecule is CCOC(=O)c1c(O)c2cc(C(=O)NCCc3ccccc3)cnc2n(O)c1=O. The lowest BCUT2D eigenvalue weighted by Gasteiger charge is -2.11. The van der Waals surface area contributed by atoms with Crippen molar-refractivity contribution in [3.8, 4) is 5.75 Å². The maximum atomic E-state index is 12.4. The maximum Gasteiger partial charge on any atom is 0.347 e. The second-order valence-corrected chi connectivity index (χ2v) is 6.15. The minimum absolute atomic E-state index is 0.0245. The van der Waals surface area contributed by atoms with Gasteiger partial charge in [0, 0.05) is 12.7 Å². The molecule has 1 aromatic carbocycles. The van der Waals surface area contributed by atoms with Crippen molar-refractivity contribution in [3.05, 3.63) is 69.6 Å². The van der Waals surface area contributed by atoms with E-state index in [0.29, 0.717) is 13.0 Å². The van der Waals surface area contributed by atoms with Crippen LogP contribution in [-0.4, -0.2) is 45.1 Å². The van der Waals surface area contributed by atoms with E-state index >= 15 is 0 Å². The topological polar surface area (TPSA) is 131 Å². The number of aromatic nitrogens is 2. The predicted molar refractivity (Wildman–Crippen MR) is 103 cm³/mol. The van der Waals surface area contributed by atoms with Crippen LogP contribution in [0.15, 0.2) is 47.4 Å². The van der Waals surface area contributed by atoms with Gasteiger partial charge in [-0.05, 0) is 25.0 Å². The normalized spacial score (nSPS) is 10.7. The molecule has 0 fully saturated rings. The highest BCUT2D eigenvalue weighted by molar-refractivity contribution is 6.02. The van der Waals surface area contributed by atoms with Gasteiger partial charge in [0.05, 0.1) is 17.6 Å². The monoisotopic (exact) mass is 397 g/mol. The van der Waals surface area contributed by atoms with Gasteiger partial charge in [-0.15, -0.1) is 4.73 Å². The fourth-order valence-corrected chi connectivity index (χ4v) is 2.82.